The average Bonchev–Trinajstić information content (AvgIpc) is 3.71. The molecule has 1 aromatic heterocycles. The van der Waals surface area contributed by atoms with Crippen molar-refractivity contribution in [3.05, 3.63) is 123 Å². The van der Waals surface area contributed by atoms with Gasteiger partial charge >= 0.3 is 26.9 Å². The number of benzene rings is 4. The molecule has 12 N–H and O–H groups in total. The van der Waals surface area contributed by atoms with Crippen LogP contribution in [-0.2, 0) is 61.6 Å². The van der Waals surface area contributed by atoms with Crippen molar-refractivity contribution in [1.29, 1.82) is 5.41 Å². The van der Waals surface area contributed by atoms with Crippen molar-refractivity contribution in [2.75, 3.05) is 38.4 Å². The quantitative estimate of drug-likeness (QED) is 0.0122. The Morgan fingerprint density at radius 2 is 1.46 bits per heavy atom. The molecule has 1 aliphatic carbocycles. The number of anilines is 1. The lowest BCUT2D eigenvalue weighted by molar-refractivity contribution is -0.0530. The molecule has 6 atom stereocenters. The average molecular weight is 1170 g/mol. The van der Waals surface area contributed by atoms with Crippen LogP contribution in [0.5, 0.6) is 0 Å². The second-order valence-electron chi connectivity index (χ2n) is 17.3. The van der Waals surface area contributed by atoms with Gasteiger partial charge in [-0.05, 0) is 72.5 Å². The number of carboxylic acids is 1. The normalized spacial score (nSPS) is 18.6. The molecule has 1 saturated heterocycles. The summed E-state index contributed by atoms with van der Waals surface area (Å²) in [6, 6.07) is 15.5. The predicted molar refractivity (Wildman–Crippen MR) is 269 cm³/mol. The number of nitrogens with zero attached hydrogens (tertiary/aromatic N) is 3. The van der Waals surface area contributed by atoms with Crippen LogP contribution in [0.1, 0.15) is 55.7 Å². The molecule has 2 amide bonds. The number of hydrogen-bond donors (Lipinski definition) is 11. The smallest absolute Gasteiger partial charge is 0.340 e. The van der Waals surface area contributed by atoms with Crippen LogP contribution in [0.3, 0.4) is 0 Å². The van der Waals surface area contributed by atoms with Gasteiger partial charge in [-0.2, -0.15) is 16.8 Å². The maximum atomic E-state index is 13.3. The van der Waals surface area contributed by atoms with Gasteiger partial charge < -0.3 is 64.5 Å². The fourth-order valence-corrected chi connectivity index (χ4v) is 12.6. The second-order valence-corrected chi connectivity index (χ2v) is 24.3. The molecule has 29 nitrogen and oxygen atoms in total. The van der Waals surface area contributed by atoms with Gasteiger partial charge in [-0.25, -0.2) is 9.59 Å². The number of aliphatic hydroxyl groups is 2. The summed E-state index contributed by atoms with van der Waals surface area (Å²) in [5.41, 5.74) is 3.54. The Morgan fingerprint density at radius 3 is 2.08 bits per heavy atom. The van der Waals surface area contributed by atoms with Crippen LogP contribution < -0.4 is 32.9 Å². The van der Waals surface area contributed by atoms with Crippen molar-refractivity contribution in [2.45, 2.75) is 53.8 Å². The van der Waals surface area contributed by atoms with E-state index in [-0.39, 0.29) is 52.8 Å². The Kier molecular flexibility index (Phi) is 17.4. The second kappa shape index (κ2) is 23.2. The van der Waals surface area contributed by atoms with Crippen LogP contribution in [-0.4, -0.2) is 129 Å². The van der Waals surface area contributed by atoms with Gasteiger partial charge in [0.1, 0.15) is 24.9 Å². The molecule has 7 rings (SSSR count). The zero-order valence-electron chi connectivity index (χ0n) is 40.6. The fraction of sp³-hybridized carbons (Fsp3) is 0.289. The number of fused-ring (bicyclic) bond motifs is 2. The summed E-state index contributed by atoms with van der Waals surface area (Å²) in [7, 11) is -17.4. The molecule has 1 fully saturated rings. The molecule has 3 heterocycles. The first kappa shape index (κ1) is 58.7. The van der Waals surface area contributed by atoms with Crippen molar-refractivity contribution in [1.82, 2.24) is 19.8 Å². The number of amides is 2. The third-order valence-electron chi connectivity index (χ3n) is 12.0. The Balaban J connectivity index is 0.922. The molecule has 78 heavy (non-hydrogen) atoms. The zero-order valence-corrected chi connectivity index (χ0v) is 44.1. The van der Waals surface area contributed by atoms with E-state index in [2.05, 4.69) is 20.3 Å². The Bertz CT molecular complexity index is 3850. The summed E-state index contributed by atoms with van der Waals surface area (Å²) in [4.78, 5) is 74.9. The van der Waals surface area contributed by atoms with Crippen molar-refractivity contribution in [3.63, 3.8) is 0 Å². The zero-order chi connectivity index (χ0) is 57.2. The minimum Gasteiger partial charge on any atom is -0.478 e. The number of aromatic nitrogens is 2. The monoisotopic (exact) mass is 1170 g/mol. The van der Waals surface area contributed by atoms with E-state index in [1.54, 1.807) is 12.1 Å². The van der Waals surface area contributed by atoms with Gasteiger partial charge in [0.2, 0.25) is 0 Å². The van der Waals surface area contributed by atoms with Crippen molar-refractivity contribution in [3.8, 4) is 22.5 Å². The van der Waals surface area contributed by atoms with Crippen LogP contribution in [0.15, 0.2) is 103 Å². The van der Waals surface area contributed by atoms with E-state index >= 15 is 0 Å². The van der Waals surface area contributed by atoms with Crippen LogP contribution in [0.25, 0.3) is 33.4 Å². The number of ether oxygens (including phenoxy) is 1. The van der Waals surface area contributed by atoms with Gasteiger partial charge in [-0.3, -0.25) is 42.4 Å². The summed E-state index contributed by atoms with van der Waals surface area (Å²) in [6.45, 7) is -0.595. The lowest BCUT2D eigenvalue weighted by atomic mass is 9.89. The van der Waals surface area contributed by atoms with Gasteiger partial charge in [-0.15, -0.1) is 0 Å². The van der Waals surface area contributed by atoms with Crippen LogP contribution in [0, 0.1) is 5.41 Å². The highest BCUT2D eigenvalue weighted by molar-refractivity contribution is 7.86. The van der Waals surface area contributed by atoms with Gasteiger partial charge in [0.25, 0.3) is 32.1 Å². The molecule has 0 spiro atoms. The largest absolute Gasteiger partial charge is 0.478 e. The molecular formula is C45H49N7O22P2S2. The van der Waals surface area contributed by atoms with E-state index < -0.39 is 134 Å². The number of hydrogen-bond acceptors (Lipinski definition) is 20. The standard InChI is InChI=1S/C45H49N7O22P2S2/c1-51-33(15-18-52(45(51)59)43-36(54)35(53)32(73-43)21-72-76(62,63)22-75(60,61)70-2)50-71-20-23-5-7-24(8-6-23)41(55)48-16-3-4-17-49-42(56)25-9-10-26(29(19-25)44(57)58)34-27-11-13-30(46)39(77(64,65)66)37(27)74-38-28(34)12-14-31(47)40(38)78(67,68)69/h5-15,18-19,32,35-36,43,46,53-54H,3-4,16-17,20-22,47H2,1-2H3,(H,48,55)(H,49,56)(H,57,58)(H,60,61)(H,62,63)(H,64,65,66)(H,67,68,69)/b46-30?,50-33-/t32-,35?,36?,43-/m1/s1. The summed E-state index contributed by atoms with van der Waals surface area (Å²) >= 11 is 0. The number of nitrogen functional groups attached to an aromatic ring is 1. The van der Waals surface area contributed by atoms with E-state index in [1.807, 2.05) is 0 Å². The number of aromatic carboxylic acids is 1. The van der Waals surface area contributed by atoms with E-state index in [4.69, 9.17) is 29.7 Å². The summed E-state index contributed by atoms with van der Waals surface area (Å²) in [5.74, 6) is -4.69. The first-order valence-electron chi connectivity index (χ1n) is 22.7. The number of nitrogens with two attached hydrogens (primary N) is 1. The maximum absolute atomic E-state index is 13.3. The number of unbranched alkanes of at least 4 members (excludes halogenated alkanes) is 1. The third kappa shape index (κ3) is 13.0. The van der Waals surface area contributed by atoms with E-state index in [1.165, 1.54) is 55.7 Å². The van der Waals surface area contributed by atoms with Gasteiger partial charge in [0.05, 0.1) is 23.2 Å². The number of carbonyl (C=O) groups excluding carboxylic acids is 2. The molecule has 4 aromatic rings. The highest BCUT2D eigenvalue weighted by atomic mass is 32.2. The van der Waals surface area contributed by atoms with Crippen LogP contribution >= 0.6 is 15.2 Å². The first-order valence-corrected chi connectivity index (χ1v) is 29.1. The minimum atomic E-state index is -5.24. The third-order valence-corrected chi connectivity index (χ3v) is 17.8. The van der Waals surface area contributed by atoms with Crippen molar-refractivity contribution >= 4 is 69.9 Å². The first-order chi connectivity index (χ1) is 36.5. The summed E-state index contributed by atoms with van der Waals surface area (Å²) in [5, 5.41) is 48.1. The highest BCUT2D eigenvalue weighted by Crippen LogP contribution is 2.58. The van der Waals surface area contributed by atoms with Crippen LogP contribution in [0.4, 0.5) is 5.69 Å². The summed E-state index contributed by atoms with van der Waals surface area (Å²) in [6.07, 6.45) is -4.33. The molecule has 4 unspecified atom stereocenters. The van der Waals surface area contributed by atoms with Crippen LogP contribution in [0.2, 0.25) is 0 Å². The molecule has 3 aromatic carbocycles. The fourth-order valence-electron chi connectivity index (χ4n) is 8.15. The maximum Gasteiger partial charge on any atom is 0.340 e. The number of carboxylic acid groups (broad SMARTS) is 1. The van der Waals surface area contributed by atoms with Gasteiger partial charge in [-0.1, -0.05) is 23.4 Å². The van der Waals surface area contributed by atoms with E-state index in [0.29, 0.717) is 24.0 Å². The molecule has 0 bridgehead atoms. The molecule has 3 aliphatic rings. The number of aliphatic hydroxyl groups excluding tert-OH is 2. The lowest BCUT2D eigenvalue weighted by Crippen LogP contribution is -2.42. The molecule has 2 aliphatic heterocycles. The van der Waals surface area contributed by atoms with Gasteiger partial charge in [0.15, 0.2) is 38.8 Å². The van der Waals surface area contributed by atoms with E-state index in [0.717, 1.165) is 34.4 Å². The predicted octanol–water partition coefficient (Wildman–Crippen LogP) is 1.54. The number of nitrogens with one attached hydrogen (secondary N) is 3. The minimum absolute atomic E-state index is 0.0281. The van der Waals surface area contributed by atoms with Crippen molar-refractivity contribution < 1.29 is 97.6 Å². The molecule has 0 saturated carbocycles. The Labute approximate surface area is 440 Å². The molecular weight excluding hydrogens is 1120 g/mol. The summed E-state index contributed by atoms with van der Waals surface area (Å²) < 4.78 is 116. The lowest BCUT2D eigenvalue weighted by Gasteiger charge is -2.20. The van der Waals surface area contributed by atoms with Gasteiger partial charge in [0, 0.05) is 67.2 Å². The highest BCUT2D eigenvalue weighted by Gasteiger charge is 2.46. The topological polar surface area (TPSA) is 459 Å². The molecule has 418 valence electrons. The SMILES string of the molecule is COP(=O)(O)CP(=O)(O)OC[C@H]1O[C@@H](n2cc/c(=N/OCc3ccc(C(=O)NCCCCNC(=O)c4ccc(-c5c6ccc(=N)c(S(=O)(=O)O)c-6oc6c(S(=O)(=O)O)c(N)ccc56)c(C(=O)O)c4)cc3)n(C)c2=O)C(O)C1O. The molecule has 0 radical (unpaired) electrons. The Hall–Kier alpha value is -6.96. The number of carbonyl (C=O) groups is 3. The molecule has 33 heteroatoms. The van der Waals surface area contributed by atoms with Crippen molar-refractivity contribution in [2.24, 2.45) is 12.2 Å². The number of rotatable bonds is 21. The Morgan fingerprint density at radius 1 is 0.846 bits per heavy atom. The van der Waals surface area contributed by atoms with E-state index in [9.17, 15) is 79.4 Å².